The molecule has 2 atom stereocenters. The summed E-state index contributed by atoms with van der Waals surface area (Å²) >= 11 is 0. The SMILES string of the molecule is CC/C=C\C/C=C\C/C=C\C/C=C\C/C=C\C/C=C\CCC(=O)OC(COCCCCCCCC/C=C\CCCCC)COP(=O)([O-])OCC[N+](C)(C)C. The number of phosphoric ester groups is 1. The molecule has 0 rings (SSSR count). The van der Waals surface area contributed by atoms with Crippen molar-refractivity contribution < 1.29 is 37.3 Å². The van der Waals surface area contributed by atoms with Gasteiger partial charge in [0.05, 0.1) is 34.4 Å². The average Bonchev–Trinajstić information content (AvgIpc) is 3.12. The summed E-state index contributed by atoms with van der Waals surface area (Å²) in [6.45, 7) is 5.12. The van der Waals surface area contributed by atoms with Gasteiger partial charge in [-0.1, -0.05) is 137 Å². The lowest BCUT2D eigenvalue weighted by molar-refractivity contribution is -0.870. The summed E-state index contributed by atoms with van der Waals surface area (Å²) < 4.78 is 34.4. The van der Waals surface area contributed by atoms with Gasteiger partial charge in [-0.15, -0.1) is 0 Å². The number of carbonyl (C=O) groups excluding carboxylic acids is 1. The van der Waals surface area contributed by atoms with Gasteiger partial charge in [0, 0.05) is 13.0 Å². The van der Waals surface area contributed by atoms with E-state index in [-0.39, 0.29) is 26.2 Å². The van der Waals surface area contributed by atoms with Gasteiger partial charge in [0.1, 0.15) is 19.3 Å². The fourth-order valence-electron chi connectivity index (χ4n) is 4.98. The van der Waals surface area contributed by atoms with E-state index in [1.165, 1.54) is 44.9 Å². The first-order valence-corrected chi connectivity index (χ1v) is 22.3. The Morgan fingerprint density at radius 3 is 1.61 bits per heavy atom. The molecule has 0 heterocycles. The molecule has 2 unspecified atom stereocenters. The molecule has 0 fully saturated rings. The third-order valence-electron chi connectivity index (χ3n) is 8.19. The van der Waals surface area contributed by atoms with Gasteiger partial charge >= 0.3 is 5.97 Å². The molecule has 0 saturated heterocycles. The Bertz CT molecular complexity index is 1130. The van der Waals surface area contributed by atoms with E-state index in [9.17, 15) is 14.3 Å². The summed E-state index contributed by atoms with van der Waals surface area (Å²) in [5.41, 5.74) is 0. The minimum atomic E-state index is -4.55. The van der Waals surface area contributed by atoms with Crippen LogP contribution in [0.25, 0.3) is 0 Å². The summed E-state index contributed by atoms with van der Waals surface area (Å²) in [5.74, 6) is -0.422. The largest absolute Gasteiger partial charge is 0.756 e. The van der Waals surface area contributed by atoms with Gasteiger partial charge < -0.3 is 27.9 Å². The summed E-state index contributed by atoms with van der Waals surface area (Å²) in [6, 6.07) is 0. The number of quaternary nitrogens is 1. The van der Waals surface area contributed by atoms with Crippen LogP contribution in [-0.4, -0.2) is 70.7 Å². The van der Waals surface area contributed by atoms with E-state index < -0.39 is 19.9 Å². The molecule has 0 aromatic carbocycles. The molecule has 54 heavy (non-hydrogen) atoms. The maximum Gasteiger partial charge on any atom is 0.306 e. The third kappa shape index (κ3) is 40.9. The highest BCUT2D eigenvalue weighted by Gasteiger charge is 2.20. The summed E-state index contributed by atoms with van der Waals surface area (Å²) in [7, 11) is 1.29. The number of allylic oxidation sites excluding steroid dienone is 14. The Hall–Kier alpha value is -2.32. The van der Waals surface area contributed by atoms with Crippen molar-refractivity contribution in [2.24, 2.45) is 0 Å². The molecule has 9 heteroatoms. The van der Waals surface area contributed by atoms with Gasteiger partial charge in [-0.25, -0.2) is 0 Å². The van der Waals surface area contributed by atoms with Gasteiger partial charge in [-0.2, -0.15) is 0 Å². The van der Waals surface area contributed by atoms with Crippen LogP contribution in [0.4, 0.5) is 0 Å². The average molecular weight is 776 g/mol. The van der Waals surface area contributed by atoms with Crippen LogP contribution in [0.5, 0.6) is 0 Å². The minimum Gasteiger partial charge on any atom is -0.756 e. The zero-order valence-electron chi connectivity index (χ0n) is 34.9. The van der Waals surface area contributed by atoms with E-state index in [0.717, 1.165) is 64.2 Å². The molecular formula is C45H78NO7P. The highest BCUT2D eigenvalue weighted by molar-refractivity contribution is 7.45. The van der Waals surface area contributed by atoms with Crippen molar-refractivity contribution >= 4 is 13.8 Å². The summed E-state index contributed by atoms with van der Waals surface area (Å²) in [5, 5.41) is 0. The van der Waals surface area contributed by atoms with Crippen LogP contribution in [0, 0.1) is 0 Å². The molecule has 0 aromatic rings. The quantitative estimate of drug-likeness (QED) is 0.0204. The zero-order valence-corrected chi connectivity index (χ0v) is 35.8. The van der Waals surface area contributed by atoms with Gasteiger partial charge in [0.25, 0.3) is 7.82 Å². The first-order chi connectivity index (χ1) is 26.1. The van der Waals surface area contributed by atoms with E-state index in [1.807, 2.05) is 33.3 Å². The van der Waals surface area contributed by atoms with Crippen LogP contribution < -0.4 is 4.89 Å². The molecule has 0 bridgehead atoms. The van der Waals surface area contributed by atoms with Crippen molar-refractivity contribution in [2.75, 3.05) is 54.1 Å². The first kappa shape index (κ1) is 51.7. The smallest absolute Gasteiger partial charge is 0.306 e. The van der Waals surface area contributed by atoms with E-state index in [2.05, 4.69) is 86.8 Å². The molecule has 0 aliphatic heterocycles. The second-order valence-electron chi connectivity index (χ2n) is 14.6. The molecule has 0 aromatic heterocycles. The second-order valence-corrected chi connectivity index (χ2v) is 16.0. The Morgan fingerprint density at radius 1 is 0.593 bits per heavy atom. The maximum atomic E-state index is 12.6. The Kier molecular flexibility index (Phi) is 36.0. The normalized spacial score (nSPS) is 14.7. The van der Waals surface area contributed by atoms with Crippen LogP contribution in [0.2, 0.25) is 0 Å². The fourth-order valence-corrected chi connectivity index (χ4v) is 5.70. The van der Waals surface area contributed by atoms with Gasteiger partial charge in [-0.05, 0) is 77.0 Å². The van der Waals surface area contributed by atoms with Crippen LogP contribution in [0.15, 0.2) is 85.1 Å². The predicted molar refractivity (Wildman–Crippen MR) is 226 cm³/mol. The highest BCUT2D eigenvalue weighted by atomic mass is 31.2. The van der Waals surface area contributed by atoms with Crippen molar-refractivity contribution in [3.8, 4) is 0 Å². The molecule has 0 aliphatic rings. The van der Waals surface area contributed by atoms with Gasteiger partial charge in [0.15, 0.2) is 0 Å². The Balaban J connectivity index is 4.43. The Morgan fingerprint density at radius 2 is 1.07 bits per heavy atom. The third-order valence-corrected chi connectivity index (χ3v) is 9.16. The number of likely N-dealkylation sites (N-methyl/N-ethyl adjacent to an activating group) is 1. The topological polar surface area (TPSA) is 94.1 Å². The number of unbranched alkanes of at least 4 members (excludes halogenated alkanes) is 9. The van der Waals surface area contributed by atoms with Gasteiger partial charge in [-0.3, -0.25) is 9.36 Å². The number of nitrogens with zero attached hydrogens (tertiary/aromatic N) is 1. The van der Waals surface area contributed by atoms with E-state index in [0.29, 0.717) is 24.1 Å². The van der Waals surface area contributed by atoms with Crippen molar-refractivity contribution in [2.45, 2.75) is 142 Å². The number of esters is 1. The van der Waals surface area contributed by atoms with Crippen molar-refractivity contribution in [3.05, 3.63) is 85.1 Å². The van der Waals surface area contributed by atoms with Crippen molar-refractivity contribution in [3.63, 3.8) is 0 Å². The lowest BCUT2D eigenvalue weighted by atomic mass is 10.1. The molecule has 8 nitrogen and oxygen atoms in total. The molecule has 310 valence electrons. The standard InChI is InChI=1S/C45H78NO7P/c1-6-8-10-12-14-16-18-20-21-22-23-24-25-26-28-30-32-34-36-38-45(47)53-44(43-52-54(48,49)51-41-39-46(3,4)5)42-50-40-37-35-33-31-29-27-19-17-15-13-11-9-7-2/h8,10,14-17,20-21,23-24,26,28,32,34,44H,6-7,9,11-13,18-19,22,25,27,29-31,33,35-43H2,1-5H3/b10-8-,16-14-,17-15-,21-20-,24-23-,28-26-,34-32-. The Labute approximate surface area is 331 Å². The maximum absolute atomic E-state index is 12.6. The minimum absolute atomic E-state index is 0.00688. The van der Waals surface area contributed by atoms with Crippen LogP contribution in [0.1, 0.15) is 136 Å². The molecule has 0 radical (unpaired) electrons. The predicted octanol–water partition coefficient (Wildman–Crippen LogP) is 11.5. The highest BCUT2D eigenvalue weighted by Crippen LogP contribution is 2.38. The lowest BCUT2D eigenvalue weighted by Gasteiger charge is -2.28. The monoisotopic (exact) mass is 776 g/mol. The molecule has 0 amide bonds. The lowest BCUT2D eigenvalue weighted by Crippen LogP contribution is -2.37. The number of rotatable bonds is 37. The number of phosphoric acid groups is 1. The molecular weight excluding hydrogens is 697 g/mol. The van der Waals surface area contributed by atoms with Gasteiger partial charge in [0.2, 0.25) is 0 Å². The number of carbonyl (C=O) groups is 1. The summed E-state index contributed by atoms with van der Waals surface area (Å²) in [4.78, 5) is 25.0. The summed E-state index contributed by atoms with van der Waals surface area (Å²) in [6.07, 6.45) is 48.9. The molecule has 0 saturated carbocycles. The first-order valence-electron chi connectivity index (χ1n) is 20.8. The van der Waals surface area contributed by atoms with Crippen molar-refractivity contribution in [1.82, 2.24) is 0 Å². The van der Waals surface area contributed by atoms with E-state index >= 15 is 0 Å². The molecule has 0 spiro atoms. The number of hydrogen-bond donors (Lipinski definition) is 0. The zero-order chi connectivity index (χ0) is 39.9. The van der Waals surface area contributed by atoms with Crippen LogP contribution in [-0.2, 0) is 27.9 Å². The molecule has 0 aliphatic carbocycles. The van der Waals surface area contributed by atoms with Crippen LogP contribution >= 0.6 is 7.82 Å². The fraction of sp³-hybridized carbons (Fsp3) is 0.667. The molecule has 0 N–H and O–H groups in total. The van der Waals surface area contributed by atoms with E-state index in [1.54, 1.807) is 0 Å². The van der Waals surface area contributed by atoms with Crippen LogP contribution in [0.3, 0.4) is 0 Å². The number of hydrogen-bond acceptors (Lipinski definition) is 7. The van der Waals surface area contributed by atoms with Crippen molar-refractivity contribution in [1.29, 1.82) is 0 Å². The second kappa shape index (κ2) is 37.6. The van der Waals surface area contributed by atoms with E-state index in [4.69, 9.17) is 18.5 Å². The number of ether oxygens (including phenoxy) is 2.